The Balaban J connectivity index is 4.35. The number of hydrogen-bond donors (Lipinski definition) is 2. The van der Waals surface area contributed by atoms with Crippen LogP contribution in [0.15, 0.2) is 0 Å². The highest BCUT2D eigenvalue weighted by atomic mass is 32.2. The second-order valence-electron chi connectivity index (χ2n) is 6.93. The summed E-state index contributed by atoms with van der Waals surface area (Å²) in [7, 11) is -3.68. The van der Waals surface area contributed by atoms with E-state index in [-0.39, 0.29) is 12.1 Å². The van der Waals surface area contributed by atoms with E-state index in [4.69, 9.17) is 4.74 Å². The standard InChI is InChI=1S/C13H27NO5S/c1-12(2,3)14-7-10(15)8-20(17,18)9-11(16)19-13(4,5)6/h10,14-15H,7-9H2,1-6H3. The summed E-state index contributed by atoms with van der Waals surface area (Å²) in [4.78, 5) is 11.5. The number of aliphatic hydroxyl groups excluding tert-OH is 1. The molecule has 1 unspecified atom stereocenters. The van der Waals surface area contributed by atoms with Gasteiger partial charge in [0.25, 0.3) is 0 Å². The van der Waals surface area contributed by atoms with E-state index in [1.54, 1.807) is 20.8 Å². The number of carbonyl (C=O) groups is 1. The van der Waals surface area contributed by atoms with E-state index in [1.807, 2.05) is 20.8 Å². The van der Waals surface area contributed by atoms with Crippen LogP contribution in [-0.4, -0.2) is 54.8 Å². The van der Waals surface area contributed by atoms with Crippen molar-refractivity contribution < 1.29 is 23.1 Å². The fourth-order valence-corrected chi connectivity index (χ4v) is 2.63. The molecule has 0 radical (unpaired) electrons. The number of sulfone groups is 1. The van der Waals surface area contributed by atoms with Crippen molar-refractivity contribution in [3.05, 3.63) is 0 Å². The molecule has 0 saturated carbocycles. The number of β-amino-alcohol motifs (C(OH)–C–C–N with tert-alkyl or cyclic N) is 1. The van der Waals surface area contributed by atoms with Crippen molar-refractivity contribution >= 4 is 15.8 Å². The van der Waals surface area contributed by atoms with Gasteiger partial charge in [-0.25, -0.2) is 8.42 Å². The molecule has 0 aromatic heterocycles. The Morgan fingerprint density at radius 2 is 1.70 bits per heavy atom. The second-order valence-corrected chi connectivity index (χ2v) is 9.03. The minimum atomic E-state index is -3.68. The van der Waals surface area contributed by atoms with E-state index in [9.17, 15) is 18.3 Å². The first-order valence-corrected chi connectivity index (χ1v) is 8.38. The number of ether oxygens (including phenoxy) is 1. The Labute approximate surface area is 121 Å². The highest BCUT2D eigenvalue weighted by Crippen LogP contribution is 2.08. The maximum absolute atomic E-state index is 11.8. The zero-order valence-electron chi connectivity index (χ0n) is 13.2. The minimum Gasteiger partial charge on any atom is -0.459 e. The Kier molecular flexibility index (Phi) is 6.64. The first-order valence-electron chi connectivity index (χ1n) is 6.55. The van der Waals surface area contributed by atoms with E-state index in [2.05, 4.69) is 5.32 Å². The van der Waals surface area contributed by atoms with Gasteiger partial charge in [-0.1, -0.05) is 0 Å². The number of aliphatic hydroxyl groups is 1. The van der Waals surface area contributed by atoms with Gasteiger partial charge >= 0.3 is 5.97 Å². The van der Waals surface area contributed by atoms with Gasteiger partial charge in [0.2, 0.25) is 0 Å². The van der Waals surface area contributed by atoms with Gasteiger partial charge < -0.3 is 15.2 Å². The van der Waals surface area contributed by atoms with E-state index < -0.39 is 39.0 Å². The van der Waals surface area contributed by atoms with Crippen molar-refractivity contribution in [2.75, 3.05) is 18.1 Å². The molecule has 20 heavy (non-hydrogen) atoms. The minimum absolute atomic E-state index is 0.150. The molecule has 6 nitrogen and oxygen atoms in total. The third-order valence-electron chi connectivity index (χ3n) is 2.07. The molecule has 0 aliphatic heterocycles. The van der Waals surface area contributed by atoms with Gasteiger partial charge in [-0.05, 0) is 41.5 Å². The Hall–Kier alpha value is -0.660. The van der Waals surface area contributed by atoms with Gasteiger partial charge in [0.05, 0.1) is 11.9 Å². The zero-order valence-corrected chi connectivity index (χ0v) is 14.0. The number of esters is 1. The van der Waals surface area contributed by atoms with Crippen molar-refractivity contribution in [3.63, 3.8) is 0 Å². The van der Waals surface area contributed by atoms with Gasteiger partial charge in [0.1, 0.15) is 11.4 Å². The first kappa shape index (κ1) is 19.3. The summed E-state index contributed by atoms with van der Waals surface area (Å²) < 4.78 is 28.5. The van der Waals surface area contributed by atoms with Crippen LogP contribution in [0.1, 0.15) is 41.5 Å². The number of hydrogen-bond acceptors (Lipinski definition) is 6. The van der Waals surface area contributed by atoms with E-state index in [1.165, 1.54) is 0 Å². The van der Waals surface area contributed by atoms with Crippen LogP contribution in [0.3, 0.4) is 0 Å². The number of nitrogens with one attached hydrogen (secondary N) is 1. The molecule has 2 N–H and O–H groups in total. The van der Waals surface area contributed by atoms with Gasteiger partial charge in [-0.2, -0.15) is 0 Å². The zero-order chi connectivity index (χ0) is 16.2. The van der Waals surface area contributed by atoms with Crippen LogP contribution < -0.4 is 5.32 Å². The average molecular weight is 309 g/mol. The molecule has 0 heterocycles. The average Bonchev–Trinajstić information content (AvgIpc) is 2.07. The third kappa shape index (κ3) is 11.2. The molecule has 0 aliphatic rings. The second kappa shape index (κ2) is 6.87. The Morgan fingerprint density at radius 1 is 1.20 bits per heavy atom. The molecule has 0 amide bonds. The molecule has 0 saturated heterocycles. The van der Waals surface area contributed by atoms with Crippen LogP contribution in [0.2, 0.25) is 0 Å². The number of rotatable bonds is 6. The molecule has 0 spiro atoms. The largest absolute Gasteiger partial charge is 0.459 e. The predicted octanol–water partition coefficient (Wildman–Crippen LogP) is 0.492. The van der Waals surface area contributed by atoms with E-state index >= 15 is 0 Å². The lowest BCUT2D eigenvalue weighted by Gasteiger charge is -2.23. The Morgan fingerprint density at radius 3 is 2.10 bits per heavy atom. The van der Waals surface area contributed by atoms with Crippen molar-refractivity contribution in [1.82, 2.24) is 5.32 Å². The molecule has 0 rings (SSSR count). The van der Waals surface area contributed by atoms with Crippen LogP contribution in [0, 0.1) is 0 Å². The first-order chi connectivity index (χ1) is 8.70. The summed E-state index contributed by atoms with van der Waals surface area (Å²) in [5, 5.41) is 12.7. The van der Waals surface area contributed by atoms with E-state index in [0.29, 0.717) is 0 Å². The smallest absolute Gasteiger partial charge is 0.321 e. The molecule has 7 heteroatoms. The Bertz CT molecular complexity index is 417. The van der Waals surface area contributed by atoms with Gasteiger partial charge in [0.15, 0.2) is 9.84 Å². The SMILES string of the molecule is CC(C)(C)NCC(O)CS(=O)(=O)CC(=O)OC(C)(C)C. The summed E-state index contributed by atoms with van der Waals surface area (Å²) in [6.07, 6.45) is -1.05. The van der Waals surface area contributed by atoms with Crippen LogP contribution in [0.25, 0.3) is 0 Å². The quantitative estimate of drug-likeness (QED) is 0.694. The van der Waals surface area contributed by atoms with Crippen molar-refractivity contribution in [3.8, 4) is 0 Å². The molecular weight excluding hydrogens is 282 g/mol. The highest BCUT2D eigenvalue weighted by Gasteiger charge is 2.25. The topological polar surface area (TPSA) is 92.7 Å². The van der Waals surface area contributed by atoms with Crippen molar-refractivity contribution in [2.24, 2.45) is 0 Å². The normalized spacial score (nSPS) is 14.9. The van der Waals surface area contributed by atoms with E-state index in [0.717, 1.165) is 0 Å². The maximum Gasteiger partial charge on any atom is 0.321 e. The molecule has 0 aliphatic carbocycles. The molecule has 0 aromatic carbocycles. The predicted molar refractivity (Wildman–Crippen MR) is 78.3 cm³/mol. The maximum atomic E-state index is 11.8. The van der Waals surface area contributed by atoms with Gasteiger partial charge in [-0.3, -0.25) is 4.79 Å². The molecule has 1 atom stereocenters. The summed E-state index contributed by atoms with van der Waals surface area (Å²) in [5.41, 5.74) is -0.936. The molecule has 0 aromatic rings. The van der Waals surface area contributed by atoms with Crippen LogP contribution >= 0.6 is 0 Å². The van der Waals surface area contributed by atoms with Crippen molar-refractivity contribution in [2.45, 2.75) is 58.8 Å². The fourth-order valence-electron chi connectivity index (χ4n) is 1.39. The summed E-state index contributed by atoms with van der Waals surface area (Å²) in [6, 6.07) is 0. The number of carbonyl (C=O) groups excluding carboxylic acids is 1. The highest BCUT2D eigenvalue weighted by molar-refractivity contribution is 7.92. The van der Waals surface area contributed by atoms with Crippen LogP contribution in [-0.2, 0) is 19.4 Å². The van der Waals surface area contributed by atoms with Gasteiger partial charge in [-0.15, -0.1) is 0 Å². The van der Waals surface area contributed by atoms with Crippen LogP contribution in [0.4, 0.5) is 0 Å². The summed E-state index contributed by atoms with van der Waals surface area (Å²) in [5.74, 6) is -1.97. The molecule has 0 bridgehead atoms. The molecule has 0 fully saturated rings. The fraction of sp³-hybridized carbons (Fsp3) is 0.923. The summed E-state index contributed by atoms with van der Waals surface area (Å²) >= 11 is 0. The molecular formula is C13H27NO5S. The van der Waals surface area contributed by atoms with Crippen molar-refractivity contribution in [1.29, 1.82) is 0 Å². The lowest BCUT2D eigenvalue weighted by molar-refractivity contribution is -0.151. The van der Waals surface area contributed by atoms with Gasteiger partial charge in [0, 0.05) is 12.1 Å². The lowest BCUT2D eigenvalue weighted by Crippen LogP contribution is -2.43. The monoisotopic (exact) mass is 309 g/mol. The summed E-state index contributed by atoms with van der Waals surface area (Å²) in [6.45, 7) is 10.9. The molecule has 120 valence electrons. The third-order valence-corrected chi connectivity index (χ3v) is 3.64. The van der Waals surface area contributed by atoms with Crippen LogP contribution in [0.5, 0.6) is 0 Å². The lowest BCUT2D eigenvalue weighted by atomic mass is 10.1.